The molecule has 3 heteroatoms. The van der Waals surface area contributed by atoms with E-state index in [-0.39, 0.29) is 0 Å². The highest BCUT2D eigenvalue weighted by atomic mass is 15.2. The summed E-state index contributed by atoms with van der Waals surface area (Å²) in [7, 11) is 0. The number of benzene rings is 3. The Bertz CT molecular complexity index is 860. The summed E-state index contributed by atoms with van der Waals surface area (Å²) in [5.41, 5.74) is 3.65. The maximum Gasteiger partial charge on any atom is 0.190 e. The van der Waals surface area contributed by atoms with Gasteiger partial charge in [-0.2, -0.15) is 5.26 Å². The van der Waals surface area contributed by atoms with E-state index in [0.717, 1.165) is 22.5 Å². The van der Waals surface area contributed by atoms with E-state index in [4.69, 9.17) is 4.99 Å². The van der Waals surface area contributed by atoms with Gasteiger partial charge in [-0.15, -0.1) is 0 Å². The Morgan fingerprint density at radius 3 is 2.00 bits per heavy atom. The van der Waals surface area contributed by atoms with Crippen LogP contribution >= 0.6 is 0 Å². The van der Waals surface area contributed by atoms with Gasteiger partial charge in [0.15, 0.2) is 12.0 Å². The third-order valence-corrected chi connectivity index (χ3v) is 3.63. The Balaban J connectivity index is 2.11. The molecule has 0 aliphatic carbocycles. The molecule has 0 radical (unpaired) electrons. The summed E-state index contributed by atoms with van der Waals surface area (Å²) in [5, 5.41) is 9.75. The molecule has 0 aliphatic rings. The molecule has 3 rings (SSSR count). The van der Waals surface area contributed by atoms with E-state index in [1.807, 2.05) is 91.9 Å². The summed E-state index contributed by atoms with van der Waals surface area (Å²) >= 11 is 0. The minimum atomic E-state index is 0.605. The molecule has 0 unspecified atom stereocenters. The Morgan fingerprint density at radius 2 is 1.42 bits per heavy atom. The molecule has 0 spiro atoms. The van der Waals surface area contributed by atoms with E-state index in [2.05, 4.69) is 6.19 Å². The van der Waals surface area contributed by atoms with Crippen molar-refractivity contribution in [2.75, 3.05) is 4.90 Å². The summed E-state index contributed by atoms with van der Waals surface area (Å²) in [6, 6.07) is 27.3. The van der Waals surface area contributed by atoms with Crippen molar-refractivity contribution in [1.82, 2.24) is 0 Å². The van der Waals surface area contributed by atoms with Crippen LogP contribution in [-0.4, -0.2) is 5.84 Å². The second kappa shape index (κ2) is 7.26. The number of anilines is 1. The highest BCUT2D eigenvalue weighted by molar-refractivity contribution is 6.12. The molecule has 3 nitrogen and oxygen atoms in total. The first-order valence-corrected chi connectivity index (χ1v) is 7.73. The fraction of sp³-hybridized carbons (Fsp3) is 0.0476. The molecule has 3 aromatic carbocycles. The van der Waals surface area contributed by atoms with Gasteiger partial charge in [0.25, 0.3) is 0 Å². The lowest BCUT2D eigenvalue weighted by Gasteiger charge is -2.18. The van der Waals surface area contributed by atoms with E-state index in [1.54, 1.807) is 4.90 Å². The van der Waals surface area contributed by atoms with Crippen molar-refractivity contribution in [3.63, 3.8) is 0 Å². The monoisotopic (exact) mass is 311 g/mol. The van der Waals surface area contributed by atoms with Gasteiger partial charge in [0.05, 0.1) is 11.4 Å². The molecule has 116 valence electrons. The highest BCUT2D eigenvalue weighted by Crippen LogP contribution is 2.21. The van der Waals surface area contributed by atoms with Gasteiger partial charge in [0, 0.05) is 5.56 Å². The first kappa shape index (κ1) is 15.5. The molecule has 0 saturated carbocycles. The molecule has 0 aromatic heterocycles. The van der Waals surface area contributed by atoms with Gasteiger partial charge in [0.2, 0.25) is 0 Å². The van der Waals surface area contributed by atoms with Crippen LogP contribution in [0.15, 0.2) is 89.9 Å². The van der Waals surface area contributed by atoms with Gasteiger partial charge in [0.1, 0.15) is 0 Å². The van der Waals surface area contributed by atoms with Crippen LogP contribution in [0.5, 0.6) is 0 Å². The highest BCUT2D eigenvalue weighted by Gasteiger charge is 2.15. The van der Waals surface area contributed by atoms with E-state index in [9.17, 15) is 5.26 Å². The van der Waals surface area contributed by atoms with Crippen LogP contribution in [0.1, 0.15) is 11.1 Å². The van der Waals surface area contributed by atoms with Crippen molar-refractivity contribution in [2.45, 2.75) is 6.92 Å². The van der Waals surface area contributed by atoms with E-state index < -0.39 is 0 Å². The number of rotatable bonds is 3. The molecular weight excluding hydrogens is 294 g/mol. The third-order valence-electron chi connectivity index (χ3n) is 3.63. The molecule has 0 heterocycles. The molecule has 0 bridgehead atoms. The van der Waals surface area contributed by atoms with Crippen molar-refractivity contribution < 1.29 is 0 Å². The standard InChI is InChI=1S/C21H17N3/c1-17-12-14-20(15-13-17)24(16-22)21(18-8-4-2-5-9-18)23-19-10-6-3-7-11-19/h2-15H,1H3. The quantitative estimate of drug-likeness (QED) is 0.293. The Hall–Kier alpha value is -3.38. The maximum atomic E-state index is 9.75. The van der Waals surface area contributed by atoms with E-state index >= 15 is 0 Å². The molecule has 3 aromatic rings. The van der Waals surface area contributed by atoms with Gasteiger partial charge in [-0.3, -0.25) is 0 Å². The number of hydrogen-bond donors (Lipinski definition) is 0. The van der Waals surface area contributed by atoms with Crippen LogP contribution in [0.2, 0.25) is 0 Å². The fourth-order valence-electron chi connectivity index (χ4n) is 2.38. The Morgan fingerprint density at radius 1 is 0.833 bits per heavy atom. The van der Waals surface area contributed by atoms with Gasteiger partial charge in [-0.1, -0.05) is 66.2 Å². The van der Waals surface area contributed by atoms with E-state index in [1.165, 1.54) is 0 Å². The lowest BCUT2D eigenvalue weighted by atomic mass is 10.1. The number of amidine groups is 1. The first-order chi connectivity index (χ1) is 11.8. The lowest BCUT2D eigenvalue weighted by Crippen LogP contribution is -2.26. The maximum absolute atomic E-state index is 9.75. The fourth-order valence-corrected chi connectivity index (χ4v) is 2.38. The number of nitrogens with zero attached hydrogens (tertiary/aromatic N) is 3. The molecule has 24 heavy (non-hydrogen) atoms. The third kappa shape index (κ3) is 3.50. The van der Waals surface area contributed by atoms with Crippen molar-refractivity contribution >= 4 is 17.2 Å². The normalized spacial score (nSPS) is 10.9. The smallest absolute Gasteiger partial charge is 0.190 e. The molecule has 0 fully saturated rings. The molecule has 0 saturated heterocycles. The van der Waals surface area contributed by atoms with Crippen LogP contribution in [0.25, 0.3) is 0 Å². The van der Waals surface area contributed by atoms with Gasteiger partial charge in [-0.05, 0) is 31.2 Å². The zero-order valence-electron chi connectivity index (χ0n) is 13.4. The van der Waals surface area contributed by atoms with Crippen LogP contribution in [-0.2, 0) is 0 Å². The predicted molar refractivity (Wildman–Crippen MR) is 98.4 cm³/mol. The topological polar surface area (TPSA) is 39.4 Å². The number of aryl methyl sites for hydroxylation is 1. The second-order valence-corrected chi connectivity index (χ2v) is 5.41. The van der Waals surface area contributed by atoms with Crippen LogP contribution in [0, 0.1) is 18.4 Å². The largest absolute Gasteiger partial charge is 0.230 e. The lowest BCUT2D eigenvalue weighted by molar-refractivity contribution is 1.29. The number of hydrogen-bond acceptors (Lipinski definition) is 2. The SMILES string of the molecule is Cc1ccc(N(C#N)C(=Nc2ccccc2)c2ccccc2)cc1. The van der Waals surface area contributed by atoms with Crippen molar-refractivity contribution in [1.29, 1.82) is 5.26 Å². The molecule has 0 amide bonds. The first-order valence-electron chi connectivity index (χ1n) is 7.73. The zero-order chi connectivity index (χ0) is 16.8. The Kier molecular flexibility index (Phi) is 4.69. The van der Waals surface area contributed by atoms with Crippen LogP contribution < -0.4 is 4.90 Å². The average Bonchev–Trinajstić information content (AvgIpc) is 2.64. The second-order valence-electron chi connectivity index (χ2n) is 5.41. The number of aliphatic imine (C=N–C) groups is 1. The van der Waals surface area contributed by atoms with Crippen LogP contribution in [0.3, 0.4) is 0 Å². The summed E-state index contributed by atoms with van der Waals surface area (Å²) in [6.45, 7) is 2.02. The summed E-state index contributed by atoms with van der Waals surface area (Å²) in [5.74, 6) is 0.605. The predicted octanol–water partition coefficient (Wildman–Crippen LogP) is 5.06. The minimum absolute atomic E-state index is 0.605. The minimum Gasteiger partial charge on any atom is -0.230 e. The summed E-state index contributed by atoms with van der Waals surface area (Å²) in [4.78, 5) is 6.28. The summed E-state index contributed by atoms with van der Waals surface area (Å²) in [6.07, 6.45) is 2.26. The van der Waals surface area contributed by atoms with Gasteiger partial charge < -0.3 is 0 Å². The zero-order valence-corrected chi connectivity index (χ0v) is 13.4. The number of nitriles is 1. The van der Waals surface area contributed by atoms with E-state index in [0.29, 0.717) is 5.84 Å². The summed E-state index contributed by atoms with van der Waals surface area (Å²) < 4.78 is 0. The molecule has 0 aliphatic heterocycles. The van der Waals surface area contributed by atoms with Crippen molar-refractivity contribution in [3.05, 3.63) is 96.1 Å². The van der Waals surface area contributed by atoms with Crippen molar-refractivity contribution in [3.8, 4) is 6.19 Å². The van der Waals surface area contributed by atoms with Crippen LogP contribution in [0.4, 0.5) is 11.4 Å². The van der Waals surface area contributed by atoms with Gasteiger partial charge >= 0.3 is 0 Å². The molecular formula is C21H17N3. The van der Waals surface area contributed by atoms with Crippen molar-refractivity contribution in [2.24, 2.45) is 4.99 Å². The Labute approximate surface area is 142 Å². The van der Waals surface area contributed by atoms with Gasteiger partial charge in [-0.25, -0.2) is 9.89 Å². The number of para-hydroxylation sites is 1. The average molecular weight is 311 g/mol. The molecule has 0 atom stereocenters. The molecule has 0 N–H and O–H groups in total.